The number of hydrogen-bond donors (Lipinski definition) is 1. The van der Waals surface area contributed by atoms with Crippen molar-refractivity contribution in [1.29, 1.82) is 0 Å². The highest BCUT2D eigenvalue weighted by Crippen LogP contribution is 2.24. The minimum Gasteiger partial charge on any atom is -0.326 e. The van der Waals surface area contributed by atoms with Crippen molar-refractivity contribution in [2.45, 2.75) is 27.3 Å². The van der Waals surface area contributed by atoms with Crippen molar-refractivity contribution < 1.29 is 0 Å². The van der Waals surface area contributed by atoms with E-state index in [2.05, 4.69) is 19.1 Å². The highest BCUT2D eigenvalue weighted by atomic mass is 16.1. The molecule has 90 valence electrons. The molecule has 0 aliphatic rings. The number of fused-ring (bicyclic) bond motifs is 1. The molecule has 2 rings (SSSR count). The Kier molecular flexibility index (Phi) is 2.79. The maximum absolute atomic E-state index is 12.1. The molecule has 1 aromatic carbocycles. The predicted molar refractivity (Wildman–Crippen MR) is 71.3 cm³/mol. The van der Waals surface area contributed by atoms with E-state index in [4.69, 9.17) is 5.73 Å². The van der Waals surface area contributed by atoms with Crippen molar-refractivity contribution in [2.75, 3.05) is 0 Å². The summed E-state index contributed by atoms with van der Waals surface area (Å²) in [5.41, 5.74) is 10.8. The molecular formula is C14H18N2O. The SMILES string of the molecule is Cc1cc(C)c2c(C)c(CN)c(=O)n(C)c2c1. The Morgan fingerprint density at radius 1 is 1.24 bits per heavy atom. The molecule has 0 amide bonds. The average Bonchev–Trinajstić information content (AvgIpc) is 2.25. The second-order valence-electron chi connectivity index (χ2n) is 4.65. The standard InChI is InChI=1S/C14H18N2O/c1-8-5-9(2)13-10(3)11(7-15)14(17)16(4)12(13)6-8/h5-6H,7,15H2,1-4H3. The highest BCUT2D eigenvalue weighted by molar-refractivity contribution is 5.87. The van der Waals surface area contributed by atoms with Gasteiger partial charge in [-0.15, -0.1) is 0 Å². The zero-order chi connectivity index (χ0) is 12.7. The summed E-state index contributed by atoms with van der Waals surface area (Å²) in [6.45, 7) is 6.40. The Morgan fingerprint density at radius 3 is 2.47 bits per heavy atom. The third-order valence-electron chi connectivity index (χ3n) is 3.41. The maximum Gasteiger partial charge on any atom is 0.255 e. The zero-order valence-corrected chi connectivity index (χ0v) is 10.8. The molecule has 3 nitrogen and oxygen atoms in total. The first-order valence-electron chi connectivity index (χ1n) is 5.77. The predicted octanol–water partition coefficient (Wildman–Crippen LogP) is 1.92. The molecule has 1 aromatic heterocycles. The van der Waals surface area contributed by atoms with Crippen LogP contribution < -0.4 is 11.3 Å². The monoisotopic (exact) mass is 230 g/mol. The summed E-state index contributed by atoms with van der Waals surface area (Å²) in [7, 11) is 1.81. The van der Waals surface area contributed by atoms with Gasteiger partial charge in [-0.05, 0) is 43.5 Å². The lowest BCUT2D eigenvalue weighted by Gasteiger charge is -2.14. The Morgan fingerprint density at radius 2 is 1.88 bits per heavy atom. The lowest BCUT2D eigenvalue weighted by molar-refractivity contribution is 0.861. The minimum atomic E-state index is 0.0162. The van der Waals surface area contributed by atoms with Crippen LogP contribution in [0, 0.1) is 20.8 Å². The first kappa shape index (κ1) is 11.9. The van der Waals surface area contributed by atoms with Crippen molar-refractivity contribution in [3.8, 4) is 0 Å². The van der Waals surface area contributed by atoms with E-state index in [1.807, 2.05) is 20.9 Å². The first-order valence-corrected chi connectivity index (χ1v) is 5.77. The summed E-state index contributed by atoms with van der Waals surface area (Å²) >= 11 is 0. The fourth-order valence-electron chi connectivity index (χ4n) is 2.56. The van der Waals surface area contributed by atoms with Crippen LogP contribution in [0.3, 0.4) is 0 Å². The fourth-order valence-corrected chi connectivity index (χ4v) is 2.56. The summed E-state index contributed by atoms with van der Waals surface area (Å²) in [5, 5.41) is 1.15. The molecule has 0 atom stereocenters. The number of nitrogens with zero attached hydrogens (tertiary/aromatic N) is 1. The normalized spacial score (nSPS) is 11.1. The number of rotatable bonds is 1. The molecule has 0 spiro atoms. The Labute approximate surface area is 101 Å². The van der Waals surface area contributed by atoms with Crippen molar-refractivity contribution in [1.82, 2.24) is 4.57 Å². The molecule has 17 heavy (non-hydrogen) atoms. The average molecular weight is 230 g/mol. The quantitative estimate of drug-likeness (QED) is 0.813. The molecule has 2 aromatic rings. The summed E-state index contributed by atoms with van der Waals surface area (Å²) in [4.78, 5) is 12.1. The van der Waals surface area contributed by atoms with E-state index in [0.29, 0.717) is 12.1 Å². The molecule has 0 aliphatic heterocycles. The van der Waals surface area contributed by atoms with Crippen LogP contribution in [0.5, 0.6) is 0 Å². The zero-order valence-electron chi connectivity index (χ0n) is 10.8. The van der Waals surface area contributed by atoms with Crippen molar-refractivity contribution in [3.05, 3.63) is 44.7 Å². The van der Waals surface area contributed by atoms with Gasteiger partial charge in [-0.2, -0.15) is 0 Å². The topological polar surface area (TPSA) is 48.0 Å². The smallest absolute Gasteiger partial charge is 0.255 e. The fraction of sp³-hybridized carbons (Fsp3) is 0.357. The molecular weight excluding hydrogens is 212 g/mol. The Hall–Kier alpha value is -1.61. The minimum absolute atomic E-state index is 0.0162. The van der Waals surface area contributed by atoms with E-state index in [9.17, 15) is 4.79 Å². The van der Waals surface area contributed by atoms with Crippen LogP contribution in [0.25, 0.3) is 10.9 Å². The summed E-state index contributed by atoms with van der Waals surface area (Å²) in [6.07, 6.45) is 0. The number of aryl methyl sites for hydroxylation is 4. The number of pyridine rings is 1. The van der Waals surface area contributed by atoms with Gasteiger partial charge < -0.3 is 10.3 Å². The molecule has 3 heteroatoms. The van der Waals surface area contributed by atoms with E-state index >= 15 is 0 Å². The van der Waals surface area contributed by atoms with Gasteiger partial charge in [-0.1, -0.05) is 6.07 Å². The van der Waals surface area contributed by atoms with Gasteiger partial charge in [0.1, 0.15) is 0 Å². The summed E-state index contributed by atoms with van der Waals surface area (Å²) in [6, 6.07) is 4.19. The maximum atomic E-state index is 12.1. The van der Waals surface area contributed by atoms with Gasteiger partial charge >= 0.3 is 0 Å². The molecule has 0 radical (unpaired) electrons. The van der Waals surface area contributed by atoms with Crippen molar-refractivity contribution in [2.24, 2.45) is 12.8 Å². The number of nitrogens with two attached hydrogens (primary N) is 1. The van der Waals surface area contributed by atoms with E-state index in [1.165, 1.54) is 11.1 Å². The largest absolute Gasteiger partial charge is 0.326 e. The van der Waals surface area contributed by atoms with Crippen LogP contribution in [-0.2, 0) is 13.6 Å². The molecule has 0 bridgehead atoms. The summed E-state index contributed by atoms with van der Waals surface area (Å²) < 4.78 is 1.70. The van der Waals surface area contributed by atoms with Crippen molar-refractivity contribution in [3.63, 3.8) is 0 Å². The van der Waals surface area contributed by atoms with E-state index < -0.39 is 0 Å². The van der Waals surface area contributed by atoms with E-state index in [0.717, 1.165) is 16.5 Å². The molecule has 0 saturated carbocycles. The van der Waals surface area contributed by atoms with Gasteiger partial charge in [-0.3, -0.25) is 4.79 Å². The molecule has 0 aliphatic carbocycles. The first-order chi connectivity index (χ1) is 7.97. The number of benzene rings is 1. The number of hydrogen-bond acceptors (Lipinski definition) is 2. The van der Waals surface area contributed by atoms with Gasteiger partial charge in [0.2, 0.25) is 0 Å². The van der Waals surface area contributed by atoms with Crippen molar-refractivity contribution >= 4 is 10.9 Å². The van der Waals surface area contributed by atoms with Gasteiger partial charge in [0, 0.05) is 24.5 Å². The van der Waals surface area contributed by atoms with Gasteiger partial charge in [0.25, 0.3) is 5.56 Å². The highest BCUT2D eigenvalue weighted by Gasteiger charge is 2.12. The van der Waals surface area contributed by atoms with Crippen LogP contribution in [0.15, 0.2) is 16.9 Å². The molecule has 0 fully saturated rings. The van der Waals surface area contributed by atoms with Crippen LogP contribution in [0.2, 0.25) is 0 Å². The van der Waals surface area contributed by atoms with Crippen LogP contribution in [0.1, 0.15) is 22.3 Å². The van der Waals surface area contributed by atoms with Gasteiger partial charge in [0.05, 0.1) is 5.52 Å². The lowest BCUT2D eigenvalue weighted by Crippen LogP contribution is -2.25. The van der Waals surface area contributed by atoms with E-state index in [1.54, 1.807) is 4.57 Å². The molecule has 1 heterocycles. The summed E-state index contributed by atoms with van der Waals surface area (Å²) in [5.74, 6) is 0. The Balaban J connectivity index is 3.09. The van der Waals surface area contributed by atoms with Crippen LogP contribution in [0.4, 0.5) is 0 Å². The molecule has 2 N–H and O–H groups in total. The van der Waals surface area contributed by atoms with Gasteiger partial charge in [-0.25, -0.2) is 0 Å². The lowest BCUT2D eigenvalue weighted by atomic mass is 9.98. The molecule has 0 unspecified atom stereocenters. The number of aromatic nitrogens is 1. The van der Waals surface area contributed by atoms with Gasteiger partial charge in [0.15, 0.2) is 0 Å². The third kappa shape index (κ3) is 1.67. The second-order valence-corrected chi connectivity index (χ2v) is 4.65. The van der Waals surface area contributed by atoms with E-state index in [-0.39, 0.29) is 5.56 Å². The molecule has 0 saturated heterocycles. The second kappa shape index (κ2) is 4.00. The van der Waals surface area contributed by atoms with Crippen LogP contribution >= 0.6 is 0 Å². The Bertz CT molecular complexity index is 654. The third-order valence-corrected chi connectivity index (χ3v) is 3.41. The van der Waals surface area contributed by atoms with Crippen LogP contribution in [-0.4, -0.2) is 4.57 Å².